The zero-order chi connectivity index (χ0) is 8.60. The van der Waals surface area contributed by atoms with Gasteiger partial charge in [-0.2, -0.15) is 11.8 Å². The maximum Gasteiger partial charge on any atom is 0.0191 e. The molecule has 1 unspecified atom stereocenters. The minimum absolute atomic E-state index is 0.696. The van der Waals surface area contributed by atoms with Gasteiger partial charge in [-0.3, -0.25) is 0 Å². The summed E-state index contributed by atoms with van der Waals surface area (Å²) in [5, 5.41) is 0. The SMILES string of the molecule is CN(CC1(C)CC1)C1CCSC1. The first-order chi connectivity index (χ1) is 5.70. The molecule has 0 N–H and O–H groups in total. The van der Waals surface area contributed by atoms with Crippen molar-refractivity contribution in [1.82, 2.24) is 4.90 Å². The van der Waals surface area contributed by atoms with Crippen molar-refractivity contribution in [2.24, 2.45) is 5.41 Å². The highest BCUT2D eigenvalue weighted by Crippen LogP contribution is 2.45. The van der Waals surface area contributed by atoms with Crippen LogP contribution in [0.4, 0.5) is 0 Å². The summed E-state index contributed by atoms with van der Waals surface area (Å²) >= 11 is 2.12. The van der Waals surface area contributed by atoms with E-state index >= 15 is 0 Å². The van der Waals surface area contributed by atoms with Crippen LogP contribution in [0.5, 0.6) is 0 Å². The standard InChI is InChI=1S/C10H19NS/c1-10(4-5-10)8-11(2)9-3-6-12-7-9/h9H,3-8H2,1-2H3. The highest BCUT2D eigenvalue weighted by atomic mass is 32.2. The van der Waals surface area contributed by atoms with Crippen molar-refractivity contribution in [3.05, 3.63) is 0 Å². The van der Waals surface area contributed by atoms with E-state index in [4.69, 9.17) is 0 Å². The van der Waals surface area contributed by atoms with E-state index in [0.717, 1.165) is 6.04 Å². The molecule has 1 saturated heterocycles. The third kappa shape index (κ3) is 1.97. The summed E-state index contributed by atoms with van der Waals surface area (Å²) in [6, 6.07) is 0.882. The van der Waals surface area contributed by atoms with E-state index < -0.39 is 0 Å². The van der Waals surface area contributed by atoms with Gasteiger partial charge in [0, 0.05) is 18.3 Å². The Bertz CT molecular complexity index is 159. The molecule has 1 aliphatic heterocycles. The van der Waals surface area contributed by atoms with Gasteiger partial charge >= 0.3 is 0 Å². The van der Waals surface area contributed by atoms with E-state index in [2.05, 4.69) is 30.6 Å². The molecule has 0 amide bonds. The van der Waals surface area contributed by atoms with Gasteiger partial charge in [-0.25, -0.2) is 0 Å². The minimum Gasteiger partial charge on any atom is -0.302 e. The highest BCUT2D eigenvalue weighted by Gasteiger charge is 2.39. The highest BCUT2D eigenvalue weighted by molar-refractivity contribution is 7.99. The lowest BCUT2D eigenvalue weighted by Crippen LogP contribution is -2.35. The normalized spacial score (nSPS) is 32.8. The van der Waals surface area contributed by atoms with E-state index in [1.165, 1.54) is 37.3 Å². The lowest BCUT2D eigenvalue weighted by molar-refractivity contribution is 0.219. The third-order valence-electron chi connectivity index (χ3n) is 3.26. The summed E-state index contributed by atoms with van der Waals surface area (Å²) in [7, 11) is 2.31. The Kier molecular flexibility index (Phi) is 2.39. The lowest BCUT2D eigenvalue weighted by Gasteiger charge is -2.26. The van der Waals surface area contributed by atoms with Gasteiger partial charge in [0.15, 0.2) is 0 Å². The average molecular weight is 185 g/mol. The van der Waals surface area contributed by atoms with Gasteiger partial charge in [0.05, 0.1) is 0 Å². The Hall–Kier alpha value is 0.310. The fraction of sp³-hybridized carbons (Fsp3) is 1.00. The van der Waals surface area contributed by atoms with Crippen LogP contribution in [-0.2, 0) is 0 Å². The smallest absolute Gasteiger partial charge is 0.0191 e. The van der Waals surface area contributed by atoms with E-state index in [1.807, 2.05) is 0 Å². The van der Waals surface area contributed by atoms with Crippen LogP contribution < -0.4 is 0 Å². The first kappa shape index (κ1) is 8.89. The van der Waals surface area contributed by atoms with Gasteiger partial charge in [0.1, 0.15) is 0 Å². The Morgan fingerprint density at radius 3 is 2.75 bits per heavy atom. The average Bonchev–Trinajstić information content (AvgIpc) is 2.55. The van der Waals surface area contributed by atoms with Crippen molar-refractivity contribution >= 4 is 11.8 Å². The van der Waals surface area contributed by atoms with Crippen molar-refractivity contribution in [2.45, 2.75) is 32.2 Å². The number of hydrogen-bond donors (Lipinski definition) is 0. The number of hydrogen-bond acceptors (Lipinski definition) is 2. The van der Waals surface area contributed by atoms with E-state index in [-0.39, 0.29) is 0 Å². The van der Waals surface area contributed by atoms with Gasteiger partial charge in [-0.05, 0) is 37.5 Å². The second-order valence-corrected chi connectivity index (χ2v) is 5.89. The predicted molar refractivity (Wildman–Crippen MR) is 55.7 cm³/mol. The van der Waals surface area contributed by atoms with Gasteiger partial charge in [0.25, 0.3) is 0 Å². The topological polar surface area (TPSA) is 3.24 Å². The van der Waals surface area contributed by atoms with E-state index in [9.17, 15) is 0 Å². The molecule has 2 aliphatic rings. The molecule has 1 nitrogen and oxygen atoms in total. The van der Waals surface area contributed by atoms with Gasteiger partial charge < -0.3 is 4.90 Å². The monoisotopic (exact) mass is 185 g/mol. The fourth-order valence-corrected chi connectivity index (χ4v) is 3.27. The van der Waals surface area contributed by atoms with E-state index in [0.29, 0.717) is 5.41 Å². The summed E-state index contributed by atoms with van der Waals surface area (Å²) < 4.78 is 0. The molecule has 1 aliphatic carbocycles. The molecule has 2 rings (SSSR count). The number of thioether (sulfide) groups is 1. The van der Waals surface area contributed by atoms with Gasteiger partial charge in [0.2, 0.25) is 0 Å². The molecule has 1 saturated carbocycles. The van der Waals surface area contributed by atoms with Crippen molar-refractivity contribution in [3.63, 3.8) is 0 Å². The summed E-state index contributed by atoms with van der Waals surface area (Å²) in [4.78, 5) is 2.59. The van der Waals surface area contributed by atoms with Crippen LogP contribution in [0.2, 0.25) is 0 Å². The predicted octanol–water partition coefficient (Wildman–Crippen LogP) is 2.22. The van der Waals surface area contributed by atoms with Crippen molar-refractivity contribution in [1.29, 1.82) is 0 Å². The Morgan fingerprint density at radius 2 is 2.25 bits per heavy atom. The maximum atomic E-state index is 2.59. The molecular weight excluding hydrogens is 166 g/mol. The first-order valence-electron chi connectivity index (χ1n) is 4.98. The summed E-state index contributed by atoms with van der Waals surface area (Å²) in [6.07, 6.45) is 4.33. The van der Waals surface area contributed by atoms with Crippen LogP contribution in [0.3, 0.4) is 0 Å². The zero-order valence-corrected chi connectivity index (χ0v) is 8.99. The molecule has 12 heavy (non-hydrogen) atoms. The van der Waals surface area contributed by atoms with Crippen LogP contribution in [0.15, 0.2) is 0 Å². The molecule has 1 heterocycles. The molecule has 0 aromatic heterocycles. The lowest BCUT2D eigenvalue weighted by atomic mass is 10.1. The number of nitrogens with zero attached hydrogens (tertiary/aromatic N) is 1. The zero-order valence-electron chi connectivity index (χ0n) is 8.18. The first-order valence-corrected chi connectivity index (χ1v) is 6.13. The Balaban J connectivity index is 1.79. The summed E-state index contributed by atoms with van der Waals surface area (Å²) in [5.41, 5.74) is 0.696. The second-order valence-electron chi connectivity index (χ2n) is 4.74. The fourth-order valence-electron chi connectivity index (χ4n) is 1.97. The molecule has 70 valence electrons. The maximum absolute atomic E-state index is 2.59. The molecule has 2 heteroatoms. The molecule has 0 aromatic rings. The van der Waals surface area contributed by atoms with Crippen LogP contribution in [0, 0.1) is 5.41 Å². The minimum atomic E-state index is 0.696. The molecule has 0 spiro atoms. The van der Waals surface area contributed by atoms with Crippen LogP contribution in [0.25, 0.3) is 0 Å². The second kappa shape index (κ2) is 3.22. The Labute approximate surface area is 79.9 Å². The van der Waals surface area contributed by atoms with Gasteiger partial charge in [-0.1, -0.05) is 6.92 Å². The van der Waals surface area contributed by atoms with Crippen molar-refractivity contribution in [3.8, 4) is 0 Å². The van der Waals surface area contributed by atoms with Crippen LogP contribution in [0.1, 0.15) is 26.2 Å². The molecular formula is C10H19NS. The largest absolute Gasteiger partial charge is 0.302 e. The Morgan fingerprint density at radius 1 is 1.50 bits per heavy atom. The van der Waals surface area contributed by atoms with Crippen molar-refractivity contribution in [2.75, 3.05) is 25.1 Å². The van der Waals surface area contributed by atoms with Crippen LogP contribution >= 0.6 is 11.8 Å². The summed E-state index contributed by atoms with van der Waals surface area (Å²) in [6.45, 7) is 3.75. The van der Waals surface area contributed by atoms with Crippen molar-refractivity contribution < 1.29 is 0 Å². The quantitative estimate of drug-likeness (QED) is 0.663. The molecule has 0 aromatic carbocycles. The third-order valence-corrected chi connectivity index (χ3v) is 4.41. The van der Waals surface area contributed by atoms with E-state index in [1.54, 1.807) is 0 Å². The molecule has 0 radical (unpaired) electrons. The van der Waals surface area contributed by atoms with Crippen LogP contribution in [-0.4, -0.2) is 36.0 Å². The molecule has 0 bridgehead atoms. The molecule has 1 atom stereocenters. The van der Waals surface area contributed by atoms with Gasteiger partial charge in [-0.15, -0.1) is 0 Å². The molecule has 2 fully saturated rings. The summed E-state index contributed by atoms with van der Waals surface area (Å²) in [5.74, 6) is 2.75. The number of rotatable bonds is 3.